The summed E-state index contributed by atoms with van der Waals surface area (Å²) in [6.07, 6.45) is 1.63. The minimum Gasteiger partial charge on any atom is -0.379 e. The molecule has 31 heavy (non-hydrogen) atoms. The first-order valence-electron chi connectivity index (χ1n) is 9.75. The fraction of sp³-hybridized carbons (Fsp3) is 0.381. The van der Waals surface area contributed by atoms with Gasteiger partial charge in [0, 0.05) is 23.9 Å². The highest BCUT2D eigenvalue weighted by Gasteiger charge is 2.51. The molecule has 0 radical (unpaired) electrons. The first-order chi connectivity index (χ1) is 14.8. The number of alkyl halides is 4. The highest BCUT2D eigenvalue weighted by molar-refractivity contribution is 9.10. The van der Waals surface area contributed by atoms with E-state index in [1.54, 1.807) is 36.4 Å². The van der Waals surface area contributed by atoms with Crippen molar-refractivity contribution in [3.8, 4) is 0 Å². The van der Waals surface area contributed by atoms with E-state index in [0.29, 0.717) is 29.9 Å². The van der Waals surface area contributed by atoms with Gasteiger partial charge in [-0.1, -0.05) is 28.1 Å². The van der Waals surface area contributed by atoms with Crippen molar-refractivity contribution in [3.63, 3.8) is 0 Å². The largest absolute Gasteiger partial charge is 0.412 e. The van der Waals surface area contributed by atoms with Gasteiger partial charge in [0.15, 0.2) is 6.04 Å². The van der Waals surface area contributed by atoms with E-state index in [4.69, 9.17) is 4.74 Å². The lowest BCUT2D eigenvalue weighted by Crippen LogP contribution is -2.52. The fourth-order valence-corrected chi connectivity index (χ4v) is 4.30. The topological polar surface area (TPSA) is 71.0 Å². The van der Waals surface area contributed by atoms with Gasteiger partial charge in [-0.2, -0.15) is 13.2 Å². The minimum atomic E-state index is -4.67. The molecule has 3 aliphatic rings. The van der Waals surface area contributed by atoms with Crippen LogP contribution in [0.4, 0.5) is 13.2 Å². The molecule has 0 aliphatic carbocycles. The zero-order valence-electron chi connectivity index (χ0n) is 16.2. The summed E-state index contributed by atoms with van der Waals surface area (Å²) in [7, 11) is 0. The summed E-state index contributed by atoms with van der Waals surface area (Å²) in [6, 6.07) is 4.23. The first-order valence-corrected chi connectivity index (χ1v) is 10.7. The van der Waals surface area contributed by atoms with Crippen molar-refractivity contribution < 1.29 is 27.5 Å². The Hall–Kier alpha value is -2.46. The number of ether oxygens (including phenoxy) is 1. The zero-order chi connectivity index (χ0) is 22.2. The molecule has 0 aromatic heterocycles. The average molecular weight is 498 g/mol. The lowest BCUT2D eigenvalue weighted by molar-refractivity contribution is -0.155. The molecule has 4 rings (SSSR count). The van der Waals surface area contributed by atoms with Crippen molar-refractivity contribution in [1.82, 2.24) is 10.2 Å². The SMILES string of the molecule is O=C(N[C@H]1CCCOC1)c1ccc(C2=CC=CN3C(=O)C(Br)C(C(F)(F)F)N=C23)cc1. The van der Waals surface area contributed by atoms with Crippen LogP contribution in [0.15, 0.2) is 47.6 Å². The number of hydrogen-bond donors (Lipinski definition) is 1. The fourth-order valence-electron chi connectivity index (χ4n) is 3.66. The smallest absolute Gasteiger partial charge is 0.379 e. The molecule has 6 nitrogen and oxygen atoms in total. The number of amides is 2. The van der Waals surface area contributed by atoms with Crippen LogP contribution in [0.3, 0.4) is 0 Å². The Labute approximate surface area is 185 Å². The number of rotatable bonds is 3. The van der Waals surface area contributed by atoms with Gasteiger partial charge in [0.05, 0.1) is 12.6 Å². The van der Waals surface area contributed by atoms with Crippen molar-refractivity contribution in [3.05, 3.63) is 53.7 Å². The van der Waals surface area contributed by atoms with Crippen molar-refractivity contribution >= 4 is 39.2 Å². The second-order valence-electron chi connectivity index (χ2n) is 7.44. The number of carbonyl (C=O) groups is 2. The van der Waals surface area contributed by atoms with Crippen molar-refractivity contribution in [2.45, 2.75) is 35.9 Å². The van der Waals surface area contributed by atoms with E-state index in [1.165, 1.54) is 6.20 Å². The molecule has 0 bridgehead atoms. The van der Waals surface area contributed by atoms with Crippen LogP contribution >= 0.6 is 15.9 Å². The second-order valence-corrected chi connectivity index (χ2v) is 8.42. The standard InChI is InChI=1S/C21H19BrF3N3O3/c22-16-17(21(23,24)25)27-18-15(4-1-9-28(18)20(16)30)12-5-7-13(8-6-12)19(29)26-14-3-2-10-31-11-14/h1,4-9,14,16-17H,2-3,10-11H2,(H,26,29)/t14-,16?,17?/m0/s1. The summed E-state index contributed by atoms with van der Waals surface area (Å²) < 4.78 is 45.5. The number of fused-ring (bicyclic) bond motifs is 1. The van der Waals surface area contributed by atoms with Gasteiger partial charge in [0.1, 0.15) is 10.7 Å². The first kappa shape index (κ1) is 21.8. The van der Waals surface area contributed by atoms with Gasteiger partial charge in [-0.25, -0.2) is 0 Å². The predicted molar refractivity (Wildman–Crippen MR) is 112 cm³/mol. The number of amidine groups is 1. The molecule has 10 heteroatoms. The van der Waals surface area contributed by atoms with Crippen LogP contribution in [-0.4, -0.2) is 58.9 Å². The highest BCUT2D eigenvalue weighted by Crippen LogP contribution is 2.36. The minimum absolute atomic E-state index is 0.0419. The van der Waals surface area contributed by atoms with Crippen LogP contribution in [0, 0.1) is 0 Å². The molecule has 3 aliphatic heterocycles. The zero-order valence-corrected chi connectivity index (χ0v) is 17.8. The van der Waals surface area contributed by atoms with Gasteiger partial charge < -0.3 is 10.1 Å². The molecule has 2 amide bonds. The Morgan fingerprint density at radius 3 is 2.65 bits per heavy atom. The number of nitrogens with one attached hydrogen (secondary N) is 1. The molecule has 3 atom stereocenters. The maximum atomic E-state index is 13.4. The molecule has 3 heterocycles. The third-order valence-electron chi connectivity index (χ3n) is 5.27. The molecule has 1 aromatic rings. The summed E-state index contributed by atoms with van der Waals surface area (Å²) in [5.41, 5.74) is 1.35. The third kappa shape index (κ3) is 4.45. The van der Waals surface area contributed by atoms with Crippen LogP contribution in [-0.2, 0) is 9.53 Å². The van der Waals surface area contributed by atoms with Crippen molar-refractivity contribution in [2.24, 2.45) is 4.99 Å². The number of allylic oxidation sites excluding steroid dienone is 2. The van der Waals surface area contributed by atoms with E-state index in [-0.39, 0.29) is 17.8 Å². The van der Waals surface area contributed by atoms with Crippen LogP contribution in [0.1, 0.15) is 28.8 Å². The Morgan fingerprint density at radius 1 is 1.26 bits per heavy atom. The van der Waals surface area contributed by atoms with Gasteiger partial charge in [-0.05, 0) is 42.7 Å². The number of hydrogen-bond acceptors (Lipinski definition) is 4. The lowest BCUT2D eigenvalue weighted by atomic mass is 9.98. The summed E-state index contributed by atoms with van der Waals surface area (Å²) in [4.78, 5) is 28.4. The van der Waals surface area contributed by atoms with Gasteiger partial charge in [-0.15, -0.1) is 0 Å². The molecule has 2 unspecified atom stereocenters. The summed E-state index contributed by atoms with van der Waals surface area (Å²) in [5, 5.41) is 2.92. The molecule has 1 N–H and O–H groups in total. The Kier molecular flexibility index (Phi) is 6.02. The summed E-state index contributed by atoms with van der Waals surface area (Å²) >= 11 is 2.84. The van der Waals surface area contributed by atoms with E-state index >= 15 is 0 Å². The van der Waals surface area contributed by atoms with E-state index in [9.17, 15) is 22.8 Å². The Morgan fingerprint density at radius 2 is 2.00 bits per heavy atom. The Balaban J connectivity index is 1.57. The number of aliphatic imine (C=N–C) groups is 1. The predicted octanol–water partition coefficient (Wildman–Crippen LogP) is 3.44. The molecule has 1 fully saturated rings. The lowest BCUT2D eigenvalue weighted by Gasteiger charge is -2.35. The average Bonchev–Trinajstić information content (AvgIpc) is 2.76. The molecule has 0 saturated carbocycles. The van der Waals surface area contributed by atoms with Gasteiger partial charge in [0.25, 0.3) is 5.91 Å². The third-order valence-corrected chi connectivity index (χ3v) is 6.16. The van der Waals surface area contributed by atoms with E-state index in [2.05, 4.69) is 26.2 Å². The highest BCUT2D eigenvalue weighted by atomic mass is 79.9. The monoisotopic (exact) mass is 497 g/mol. The molecular formula is C21H19BrF3N3O3. The molecule has 0 spiro atoms. The van der Waals surface area contributed by atoms with Crippen molar-refractivity contribution in [1.29, 1.82) is 0 Å². The maximum Gasteiger partial charge on any atom is 0.412 e. The van der Waals surface area contributed by atoms with Gasteiger partial charge in [0.2, 0.25) is 5.91 Å². The number of halogens is 4. The van der Waals surface area contributed by atoms with E-state index in [0.717, 1.165) is 17.7 Å². The number of nitrogens with zero attached hydrogens (tertiary/aromatic N) is 2. The molecular weight excluding hydrogens is 479 g/mol. The number of carbonyl (C=O) groups excluding carboxylic acids is 2. The van der Waals surface area contributed by atoms with Crippen LogP contribution < -0.4 is 5.32 Å². The normalized spacial score (nSPS) is 26.1. The van der Waals surface area contributed by atoms with E-state index < -0.39 is 23.0 Å². The van der Waals surface area contributed by atoms with E-state index in [1.807, 2.05) is 0 Å². The molecule has 1 saturated heterocycles. The molecule has 1 aromatic carbocycles. The van der Waals surface area contributed by atoms with Crippen LogP contribution in [0.5, 0.6) is 0 Å². The van der Waals surface area contributed by atoms with Crippen LogP contribution in [0.25, 0.3) is 5.57 Å². The maximum absolute atomic E-state index is 13.4. The summed E-state index contributed by atoms with van der Waals surface area (Å²) in [5.74, 6) is -1.05. The van der Waals surface area contributed by atoms with Gasteiger partial charge >= 0.3 is 6.18 Å². The Bertz CT molecular complexity index is 966. The quantitative estimate of drug-likeness (QED) is 0.650. The second kappa shape index (κ2) is 8.58. The number of benzene rings is 1. The summed E-state index contributed by atoms with van der Waals surface area (Å²) in [6.45, 7) is 1.17. The molecule has 164 valence electrons. The van der Waals surface area contributed by atoms with Crippen molar-refractivity contribution in [2.75, 3.05) is 13.2 Å². The van der Waals surface area contributed by atoms with Gasteiger partial charge in [-0.3, -0.25) is 19.5 Å². The van der Waals surface area contributed by atoms with Crippen LogP contribution in [0.2, 0.25) is 0 Å².